The highest BCUT2D eigenvalue weighted by molar-refractivity contribution is 7.17. The van der Waals surface area contributed by atoms with Gasteiger partial charge in [0, 0.05) is 19.3 Å². The van der Waals surface area contributed by atoms with Gasteiger partial charge in [-0.3, -0.25) is 13.8 Å². The van der Waals surface area contributed by atoms with Crippen LogP contribution in [0.15, 0.2) is 34.4 Å². The summed E-state index contributed by atoms with van der Waals surface area (Å²) in [4.78, 5) is 14.8. The molecule has 0 atom stereocenters. The molecule has 0 amide bonds. The van der Waals surface area contributed by atoms with Crippen molar-refractivity contribution >= 4 is 33.0 Å². The number of aryl methyl sites for hydroxylation is 3. The second kappa shape index (κ2) is 6.25. The number of fused-ring (bicyclic) bond motifs is 3. The minimum absolute atomic E-state index is 0.0248. The van der Waals surface area contributed by atoms with Gasteiger partial charge in [-0.1, -0.05) is 17.7 Å². The number of aromatic nitrogens is 4. The molecule has 0 bridgehead atoms. The highest BCUT2D eigenvalue weighted by Gasteiger charge is 2.18. The molecule has 0 fully saturated rings. The predicted octanol–water partition coefficient (Wildman–Crippen LogP) is 3.29. The number of benzene rings is 1. The summed E-state index contributed by atoms with van der Waals surface area (Å²) in [6, 6.07) is 8.45. The third-order valence-corrected chi connectivity index (χ3v) is 5.70. The van der Waals surface area contributed by atoms with E-state index in [2.05, 4.69) is 54.1 Å². The zero-order valence-corrected chi connectivity index (χ0v) is 16.2. The first-order valence-corrected chi connectivity index (χ1v) is 9.51. The van der Waals surface area contributed by atoms with Gasteiger partial charge < -0.3 is 4.90 Å². The van der Waals surface area contributed by atoms with Gasteiger partial charge in [-0.05, 0) is 43.8 Å². The molecule has 134 valence electrons. The summed E-state index contributed by atoms with van der Waals surface area (Å²) >= 11 is 1.46. The van der Waals surface area contributed by atoms with Gasteiger partial charge in [-0.25, -0.2) is 0 Å². The summed E-state index contributed by atoms with van der Waals surface area (Å²) in [6.45, 7) is 7.86. The Kier molecular flexibility index (Phi) is 4.03. The molecule has 0 radical (unpaired) electrons. The Hall–Kier alpha value is -2.67. The number of anilines is 1. The Morgan fingerprint density at radius 1 is 1.19 bits per heavy atom. The largest absolute Gasteiger partial charge is 0.364 e. The van der Waals surface area contributed by atoms with Crippen molar-refractivity contribution in [2.24, 2.45) is 7.05 Å². The lowest BCUT2D eigenvalue weighted by atomic mass is 10.1. The highest BCUT2D eigenvalue weighted by atomic mass is 32.1. The molecule has 0 aliphatic heterocycles. The second-order valence-electron chi connectivity index (χ2n) is 6.55. The Labute approximate surface area is 155 Å². The van der Waals surface area contributed by atoms with Crippen LogP contribution in [0.1, 0.15) is 23.9 Å². The van der Waals surface area contributed by atoms with E-state index in [4.69, 9.17) is 0 Å². The number of hydrogen-bond donors (Lipinski definition) is 0. The minimum Gasteiger partial charge on any atom is -0.364 e. The second-order valence-corrected chi connectivity index (χ2v) is 7.47. The molecule has 7 heteroatoms. The van der Waals surface area contributed by atoms with E-state index in [-0.39, 0.29) is 5.56 Å². The van der Waals surface area contributed by atoms with Crippen LogP contribution in [0, 0.1) is 13.8 Å². The molecule has 3 heterocycles. The van der Waals surface area contributed by atoms with Crippen molar-refractivity contribution in [3.63, 3.8) is 0 Å². The fourth-order valence-corrected chi connectivity index (χ4v) is 4.30. The summed E-state index contributed by atoms with van der Waals surface area (Å²) < 4.78 is 4.30. The van der Waals surface area contributed by atoms with Gasteiger partial charge in [-0.2, -0.15) is 0 Å². The fourth-order valence-electron chi connectivity index (χ4n) is 3.45. The van der Waals surface area contributed by atoms with Crippen molar-refractivity contribution in [2.45, 2.75) is 27.3 Å². The number of rotatable bonds is 4. The lowest BCUT2D eigenvalue weighted by Crippen LogP contribution is -2.25. The SMILES string of the molecule is CCN(Cc1nnc2n(C)c(=O)c3sccc3n12)c1ccc(C)cc1C. The maximum atomic E-state index is 12.5. The molecule has 0 saturated heterocycles. The van der Waals surface area contributed by atoms with Gasteiger partial charge in [0.2, 0.25) is 5.78 Å². The van der Waals surface area contributed by atoms with Crippen LogP contribution in [-0.4, -0.2) is 25.7 Å². The molecule has 4 rings (SSSR count). The number of thiophene rings is 1. The summed E-state index contributed by atoms with van der Waals surface area (Å²) in [7, 11) is 1.75. The lowest BCUT2D eigenvalue weighted by Gasteiger charge is -2.24. The van der Waals surface area contributed by atoms with E-state index in [9.17, 15) is 4.79 Å². The molecule has 0 aliphatic rings. The maximum absolute atomic E-state index is 12.5. The minimum atomic E-state index is -0.0248. The molecule has 0 aliphatic carbocycles. The molecule has 6 nitrogen and oxygen atoms in total. The number of nitrogens with zero attached hydrogens (tertiary/aromatic N) is 5. The molecular formula is C19H21N5OS. The van der Waals surface area contributed by atoms with Gasteiger partial charge in [0.05, 0.1) is 12.1 Å². The van der Waals surface area contributed by atoms with Crippen molar-refractivity contribution in [1.29, 1.82) is 0 Å². The molecular weight excluding hydrogens is 346 g/mol. The monoisotopic (exact) mass is 367 g/mol. The quantitative estimate of drug-likeness (QED) is 0.555. The average Bonchev–Trinajstić information content (AvgIpc) is 3.25. The van der Waals surface area contributed by atoms with E-state index in [1.165, 1.54) is 28.2 Å². The van der Waals surface area contributed by atoms with Crippen LogP contribution in [0.25, 0.3) is 16.0 Å². The van der Waals surface area contributed by atoms with Crippen LogP contribution in [0.4, 0.5) is 5.69 Å². The molecule has 26 heavy (non-hydrogen) atoms. The molecule has 4 aromatic rings. The third-order valence-electron chi connectivity index (χ3n) is 4.80. The van der Waals surface area contributed by atoms with Gasteiger partial charge in [0.1, 0.15) is 4.70 Å². The van der Waals surface area contributed by atoms with Crippen molar-refractivity contribution in [1.82, 2.24) is 19.2 Å². The van der Waals surface area contributed by atoms with E-state index >= 15 is 0 Å². The van der Waals surface area contributed by atoms with Crippen molar-refractivity contribution in [2.75, 3.05) is 11.4 Å². The smallest absolute Gasteiger partial charge is 0.272 e. The Morgan fingerprint density at radius 3 is 2.73 bits per heavy atom. The molecule has 0 unspecified atom stereocenters. The average molecular weight is 367 g/mol. The molecule has 0 saturated carbocycles. The first-order chi connectivity index (χ1) is 12.5. The molecule has 0 N–H and O–H groups in total. The van der Waals surface area contributed by atoms with Gasteiger partial charge in [0.25, 0.3) is 5.56 Å². The fraction of sp³-hybridized carbons (Fsp3) is 0.316. The zero-order valence-electron chi connectivity index (χ0n) is 15.4. The van der Waals surface area contributed by atoms with Crippen LogP contribution in [-0.2, 0) is 13.6 Å². The first-order valence-electron chi connectivity index (χ1n) is 8.63. The van der Waals surface area contributed by atoms with Crippen LogP contribution < -0.4 is 10.5 Å². The van der Waals surface area contributed by atoms with E-state index in [0.717, 1.165) is 22.6 Å². The molecule has 1 aromatic carbocycles. The number of hydrogen-bond acceptors (Lipinski definition) is 5. The standard InChI is InChI=1S/C19H21N5OS/c1-5-23(14-7-6-12(2)10-13(14)3)11-16-20-21-19-22(4)18(25)17-15(24(16)19)8-9-26-17/h6-10H,5,11H2,1-4H3. The van der Waals surface area contributed by atoms with Crippen LogP contribution >= 0.6 is 11.3 Å². The van der Waals surface area contributed by atoms with Crippen molar-refractivity contribution < 1.29 is 0 Å². The topological polar surface area (TPSA) is 55.4 Å². The van der Waals surface area contributed by atoms with Crippen molar-refractivity contribution in [3.8, 4) is 0 Å². The van der Waals surface area contributed by atoms with Gasteiger partial charge in [0.15, 0.2) is 5.82 Å². The summed E-state index contributed by atoms with van der Waals surface area (Å²) in [5.41, 5.74) is 4.55. The highest BCUT2D eigenvalue weighted by Crippen LogP contribution is 2.24. The Bertz CT molecular complexity index is 1170. The summed E-state index contributed by atoms with van der Waals surface area (Å²) in [5, 5.41) is 10.6. The summed E-state index contributed by atoms with van der Waals surface area (Å²) in [6.07, 6.45) is 0. The molecule has 3 aromatic heterocycles. The maximum Gasteiger partial charge on any atom is 0.272 e. The Morgan fingerprint density at radius 2 is 2.00 bits per heavy atom. The van der Waals surface area contributed by atoms with Crippen LogP contribution in [0.3, 0.4) is 0 Å². The van der Waals surface area contributed by atoms with E-state index in [0.29, 0.717) is 12.3 Å². The van der Waals surface area contributed by atoms with E-state index in [1.807, 2.05) is 15.8 Å². The van der Waals surface area contributed by atoms with Crippen LogP contribution in [0.2, 0.25) is 0 Å². The van der Waals surface area contributed by atoms with E-state index in [1.54, 1.807) is 11.6 Å². The Balaban J connectivity index is 1.85. The first kappa shape index (κ1) is 16.8. The normalized spacial score (nSPS) is 11.5. The third kappa shape index (κ3) is 2.50. The van der Waals surface area contributed by atoms with E-state index < -0.39 is 0 Å². The van der Waals surface area contributed by atoms with Crippen molar-refractivity contribution in [3.05, 3.63) is 57.0 Å². The predicted molar refractivity (Wildman–Crippen MR) is 106 cm³/mol. The lowest BCUT2D eigenvalue weighted by molar-refractivity contribution is 0.769. The molecule has 0 spiro atoms. The van der Waals surface area contributed by atoms with Gasteiger partial charge in [-0.15, -0.1) is 21.5 Å². The van der Waals surface area contributed by atoms with Crippen LogP contribution in [0.5, 0.6) is 0 Å². The zero-order chi connectivity index (χ0) is 18.4. The summed E-state index contributed by atoms with van der Waals surface area (Å²) in [5.74, 6) is 1.41. The van der Waals surface area contributed by atoms with Gasteiger partial charge >= 0.3 is 0 Å².